The molecule has 82 valence electrons. The topological polar surface area (TPSA) is 35.5 Å². The largest absolute Gasteiger partial charge is 0.390 e. The minimum Gasteiger partial charge on any atom is -0.390 e. The maximum Gasteiger partial charge on any atom is 0.0831 e. The average molecular weight is 198 g/mol. The van der Waals surface area contributed by atoms with Crippen molar-refractivity contribution in [3.8, 4) is 0 Å². The van der Waals surface area contributed by atoms with Gasteiger partial charge < -0.3 is 10.4 Å². The van der Waals surface area contributed by atoms with E-state index in [1.165, 1.54) is 12.8 Å². The van der Waals surface area contributed by atoms with E-state index < -0.39 is 0 Å². The lowest BCUT2D eigenvalue weighted by molar-refractivity contribution is 0.0251. The summed E-state index contributed by atoms with van der Waals surface area (Å²) in [5.74, 6) is 0.791. The number of nitrogens with zero attached hydrogens (tertiary/aromatic N) is 1. The van der Waals surface area contributed by atoms with E-state index in [-0.39, 0.29) is 6.10 Å². The van der Waals surface area contributed by atoms with Gasteiger partial charge in [-0.3, -0.25) is 4.90 Å². The number of rotatable bonds is 1. The number of hydrogen-bond acceptors (Lipinski definition) is 3. The Kier molecular flexibility index (Phi) is 3.10. The van der Waals surface area contributed by atoms with E-state index in [9.17, 15) is 5.11 Å². The van der Waals surface area contributed by atoms with Crippen molar-refractivity contribution < 1.29 is 5.11 Å². The third kappa shape index (κ3) is 1.95. The number of hydrogen-bond donors (Lipinski definition) is 2. The van der Waals surface area contributed by atoms with Gasteiger partial charge in [0.05, 0.1) is 6.10 Å². The molecule has 0 aromatic carbocycles. The third-order valence-electron chi connectivity index (χ3n) is 3.74. The normalized spacial score (nSPS) is 45.6. The third-order valence-corrected chi connectivity index (χ3v) is 3.74. The van der Waals surface area contributed by atoms with Crippen LogP contribution in [0, 0.1) is 5.92 Å². The van der Waals surface area contributed by atoms with E-state index in [0.717, 1.165) is 25.6 Å². The van der Waals surface area contributed by atoms with Crippen LogP contribution in [0.5, 0.6) is 0 Å². The molecule has 2 unspecified atom stereocenters. The van der Waals surface area contributed by atoms with Crippen LogP contribution in [-0.4, -0.2) is 47.8 Å². The van der Waals surface area contributed by atoms with Crippen LogP contribution in [0.15, 0.2) is 0 Å². The molecule has 2 aliphatic rings. The Morgan fingerprint density at radius 1 is 1.21 bits per heavy atom. The number of aliphatic hydroxyl groups is 1. The summed E-state index contributed by atoms with van der Waals surface area (Å²) in [5, 5.41) is 13.1. The van der Waals surface area contributed by atoms with E-state index >= 15 is 0 Å². The maximum absolute atomic E-state index is 9.84. The van der Waals surface area contributed by atoms with Crippen LogP contribution in [0.25, 0.3) is 0 Å². The van der Waals surface area contributed by atoms with Gasteiger partial charge in [0.1, 0.15) is 0 Å². The van der Waals surface area contributed by atoms with Gasteiger partial charge in [-0.15, -0.1) is 0 Å². The quantitative estimate of drug-likeness (QED) is 0.642. The highest BCUT2D eigenvalue weighted by molar-refractivity contribution is 4.92. The number of aliphatic hydroxyl groups excluding tert-OH is 1. The second kappa shape index (κ2) is 4.17. The lowest BCUT2D eigenvalue weighted by atomic mass is 9.93. The molecule has 3 heteroatoms. The monoisotopic (exact) mass is 198 g/mol. The molecule has 0 bridgehead atoms. The van der Waals surface area contributed by atoms with Crippen molar-refractivity contribution in [1.82, 2.24) is 10.2 Å². The summed E-state index contributed by atoms with van der Waals surface area (Å²) < 4.78 is 0. The molecule has 2 aliphatic heterocycles. The summed E-state index contributed by atoms with van der Waals surface area (Å²) in [7, 11) is 0. The van der Waals surface area contributed by atoms with Gasteiger partial charge in [0, 0.05) is 31.7 Å². The summed E-state index contributed by atoms with van der Waals surface area (Å²) >= 11 is 0. The Morgan fingerprint density at radius 3 is 2.64 bits per heavy atom. The molecule has 0 aromatic heterocycles. The molecular weight excluding hydrogens is 176 g/mol. The molecule has 0 aliphatic carbocycles. The van der Waals surface area contributed by atoms with Crippen LogP contribution in [0.3, 0.4) is 0 Å². The summed E-state index contributed by atoms with van der Waals surface area (Å²) in [6, 6.07) is 0.999. The maximum atomic E-state index is 9.84. The molecule has 0 amide bonds. The Labute approximate surface area is 86.5 Å². The van der Waals surface area contributed by atoms with Gasteiger partial charge in [-0.25, -0.2) is 0 Å². The van der Waals surface area contributed by atoms with Gasteiger partial charge in [0.15, 0.2) is 0 Å². The minimum absolute atomic E-state index is 0.164. The van der Waals surface area contributed by atoms with E-state index in [2.05, 4.69) is 24.1 Å². The summed E-state index contributed by atoms with van der Waals surface area (Å²) in [4.78, 5) is 2.50. The molecule has 2 rings (SSSR count). The van der Waals surface area contributed by atoms with E-state index in [1.807, 2.05) is 0 Å². The Morgan fingerprint density at radius 2 is 2.00 bits per heavy atom. The summed E-state index contributed by atoms with van der Waals surface area (Å²) in [5.41, 5.74) is 0. The predicted octanol–water partition coefficient (Wildman–Crippen LogP) is 0.439. The van der Waals surface area contributed by atoms with E-state index in [4.69, 9.17) is 0 Å². The lowest BCUT2D eigenvalue weighted by Gasteiger charge is -2.41. The van der Waals surface area contributed by atoms with Crippen molar-refractivity contribution >= 4 is 0 Å². The molecule has 2 fully saturated rings. The van der Waals surface area contributed by atoms with Crippen molar-refractivity contribution in [2.75, 3.05) is 19.6 Å². The highest BCUT2D eigenvalue weighted by Crippen LogP contribution is 2.25. The zero-order valence-electron chi connectivity index (χ0n) is 9.24. The molecule has 14 heavy (non-hydrogen) atoms. The molecule has 2 saturated heterocycles. The molecule has 0 saturated carbocycles. The second-order valence-electron chi connectivity index (χ2n) is 5.02. The molecule has 4 atom stereocenters. The minimum atomic E-state index is -0.164. The zero-order chi connectivity index (χ0) is 10.1. The van der Waals surface area contributed by atoms with Gasteiger partial charge in [-0.2, -0.15) is 0 Å². The zero-order valence-corrected chi connectivity index (χ0v) is 9.24. The van der Waals surface area contributed by atoms with Crippen molar-refractivity contribution in [1.29, 1.82) is 0 Å². The molecule has 0 aromatic rings. The first-order chi connectivity index (χ1) is 6.68. The number of nitrogens with one attached hydrogen (secondary N) is 1. The van der Waals surface area contributed by atoms with Crippen LogP contribution in [0.4, 0.5) is 0 Å². The van der Waals surface area contributed by atoms with Crippen molar-refractivity contribution in [2.45, 2.75) is 44.9 Å². The van der Waals surface area contributed by atoms with Gasteiger partial charge >= 0.3 is 0 Å². The molecule has 0 spiro atoms. The molecule has 3 nitrogen and oxygen atoms in total. The molecule has 2 N–H and O–H groups in total. The number of likely N-dealkylation sites (tertiary alicyclic amines) is 1. The first kappa shape index (κ1) is 10.4. The fourth-order valence-electron chi connectivity index (χ4n) is 2.77. The summed E-state index contributed by atoms with van der Waals surface area (Å²) in [6.07, 6.45) is 2.46. The number of β-amino-alcohol motifs (C(OH)–C–C–N with tert-alkyl or cyclic N) is 1. The predicted molar refractivity (Wildman–Crippen MR) is 57.2 cm³/mol. The van der Waals surface area contributed by atoms with E-state index in [1.54, 1.807) is 0 Å². The first-order valence-electron chi connectivity index (χ1n) is 5.83. The van der Waals surface area contributed by atoms with Gasteiger partial charge in [0.2, 0.25) is 0 Å². The van der Waals surface area contributed by atoms with Crippen molar-refractivity contribution in [2.24, 2.45) is 5.92 Å². The van der Waals surface area contributed by atoms with Crippen LogP contribution >= 0.6 is 0 Å². The number of piperidine rings is 1. The second-order valence-corrected chi connectivity index (χ2v) is 5.02. The van der Waals surface area contributed by atoms with Crippen LogP contribution in [0.2, 0.25) is 0 Å². The Bertz CT molecular complexity index is 198. The average Bonchev–Trinajstić information content (AvgIpc) is 2.56. The highest BCUT2D eigenvalue weighted by atomic mass is 16.3. The first-order valence-corrected chi connectivity index (χ1v) is 5.83. The molecule has 2 heterocycles. The van der Waals surface area contributed by atoms with Gasteiger partial charge in [-0.1, -0.05) is 6.92 Å². The van der Waals surface area contributed by atoms with Crippen LogP contribution in [-0.2, 0) is 0 Å². The smallest absolute Gasteiger partial charge is 0.0831 e. The fraction of sp³-hybridized carbons (Fsp3) is 1.00. The Hall–Kier alpha value is -0.120. The molecular formula is C11H22N2O. The van der Waals surface area contributed by atoms with Crippen molar-refractivity contribution in [3.05, 3.63) is 0 Å². The van der Waals surface area contributed by atoms with Gasteiger partial charge in [0.25, 0.3) is 0 Å². The summed E-state index contributed by atoms with van der Waals surface area (Å²) in [6.45, 7) is 7.48. The van der Waals surface area contributed by atoms with Crippen molar-refractivity contribution in [3.63, 3.8) is 0 Å². The van der Waals surface area contributed by atoms with E-state index in [0.29, 0.717) is 12.1 Å². The van der Waals surface area contributed by atoms with Crippen LogP contribution < -0.4 is 5.32 Å². The lowest BCUT2D eigenvalue weighted by Crippen LogP contribution is -2.52. The SMILES string of the molecule is CC1CCC(C)N([C@@H]2CNC[C@H]2O)C1. The highest BCUT2D eigenvalue weighted by Gasteiger charge is 2.35. The Balaban J connectivity index is 2.00. The van der Waals surface area contributed by atoms with Gasteiger partial charge in [-0.05, 0) is 25.7 Å². The molecule has 0 radical (unpaired) electrons. The fourth-order valence-corrected chi connectivity index (χ4v) is 2.77. The van der Waals surface area contributed by atoms with Crippen LogP contribution in [0.1, 0.15) is 26.7 Å². The standard InChI is InChI=1S/C11H22N2O/c1-8-3-4-9(2)13(7-8)10-5-12-6-11(10)14/h8-12,14H,3-7H2,1-2H3/t8?,9?,10-,11-/m1/s1.